The van der Waals surface area contributed by atoms with Crippen LogP contribution in [0.4, 0.5) is 0 Å². The van der Waals surface area contributed by atoms with Crippen LogP contribution in [-0.2, 0) is 0 Å². The van der Waals surface area contributed by atoms with Gasteiger partial charge >= 0.3 is 0 Å². The molecule has 0 heterocycles. The SMILES string of the molecule is CC1(C)C2CC[C@H](CO)C1C2. The Labute approximate surface area is 68.8 Å². The van der Waals surface area contributed by atoms with Gasteiger partial charge in [0.05, 0.1) is 0 Å². The van der Waals surface area contributed by atoms with Crippen LogP contribution in [0.1, 0.15) is 33.1 Å². The summed E-state index contributed by atoms with van der Waals surface area (Å²) in [7, 11) is 0. The molecular formula is C10H18O. The fourth-order valence-electron chi connectivity index (χ4n) is 3.18. The minimum atomic E-state index is 0.417. The van der Waals surface area contributed by atoms with Gasteiger partial charge < -0.3 is 5.11 Å². The van der Waals surface area contributed by atoms with Crippen LogP contribution in [0.3, 0.4) is 0 Å². The molecule has 64 valence electrons. The predicted molar refractivity (Wildman–Crippen MR) is 45.2 cm³/mol. The van der Waals surface area contributed by atoms with Crippen LogP contribution >= 0.6 is 0 Å². The van der Waals surface area contributed by atoms with Gasteiger partial charge in [-0.25, -0.2) is 0 Å². The molecule has 0 aliphatic heterocycles. The predicted octanol–water partition coefficient (Wildman–Crippen LogP) is 2.05. The maximum atomic E-state index is 9.12. The standard InChI is InChI=1S/C10H18O/c1-10(2)8-4-3-7(6-11)9(10)5-8/h7-9,11H,3-6H2,1-2H3/t7-,8?,9?/m1/s1. The molecule has 11 heavy (non-hydrogen) atoms. The number of fused-ring (bicyclic) bond motifs is 2. The molecule has 0 radical (unpaired) electrons. The highest BCUT2D eigenvalue weighted by Gasteiger charge is 2.53. The van der Waals surface area contributed by atoms with Gasteiger partial charge in [0.25, 0.3) is 0 Å². The van der Waals surface area contributed by atoms with E-state index in [1.807, 2.05) is 0 Å². The van der Waals surface area contributed by atoms with Crippen molar-refractivity contribution in [2.45, 2.75) is 33.1 Å². The minimum absolute atomic E-state index is 0.417. The van der Waals surface area contributed by atoms with Crippen molar-refractivity contribution in [1.82, 2.24) is 0 Å². The molecule has 1 heteroatoms. The molecule has 3 rings (SSSR count). The fourth-order valence-corrected chi connectivity index (χ4v) is 3.18. The first-order valence-electron chi connectivity index (χ1n) is 4.77. The van der Waals surface area contributed by atoms with Crippen molar-refractivity contribution >= 4 is 0 Å². The summed E-state index contributed by atoms with van der Waals surface area (Å²) in [6.07, 6.45) is 4.02. The average Bonchev–Trinajstić information content (AvgIpc) is 2.04. The molecule has 0 amide bonds. The quantitative estimate of drug-likeness (QED) is 0.613. The van der Waals surface area contributed by atoms with Crippen LogP contribution in [0.2, 0.25) is 0 Å². The van der Waals surface area contributed by atoms with Crippen LogP contribution in [-0.4, -0.2) is 11.7 Å². The molecule has 2 bridgehead atoms. The molecule has 3 aliphatic carbocycles. The molecule has 0 spiro atoms. The summed E-state index contributed by atoms with van der Waals surface area (Å²) in [5.41, 5.74) is 0.547. The van der Waals surface area contributed by atoms with E-state index in [1.165, 1.54) is 19.3 Å². The summed E-state index contributed by atoms with van der Waals surface area (Å²) in [5, 5.41) is 9.12. The second-order valence-electron chi connectivity index (χ2n) is 4.88. The van der Waals surface area contributed by atoms with E-state index in [4.69, 9.17) is 5.11 Å². The Kier molecular flexibility index (Phi) is 1.54. The van der Waals surface area contributed by atoms with Gasteiger partial charge in [-0.1, -0.05) is 13.8 Å². The van der Waals surface area contributed by atoms with Crippen molar-refractivity contribution in [3.63, 3.8) is 0 Å². The third-order valence-corrected chi connectivity index (χ3v) is 4.24. The van der Waals surface area contributed by atoms with E-state index in [0.29, 0.717) is 17.9 Å². The molecule has 1 N–H and O–H groups in total. The highest BCUT2D eigenvalue weighted by atomic mass is 16.3. The molecule has 3 aliphatic rings. The van der Waals surface area contributed by atoms with Gasteiger partial charge in [0, 0.05) is 6.61 Å². The van der Waals surface area contributed by atoms with E-state index in [1.54, 1.807) is 0 Å². The first-order valence-corrected chi connectivity index (χ1v) is 4.77. The smallest absolute Gasteiger partial charge is 0.0462 e. The van der Waals surface area contributed by atoms with Gasteiger partial charge in [-0.15, -0.1) is 0 Å². The highest BCUT2D eigenvalue weighted by molar-refractivity contribution is 5.02. The van der Waals surface area contributed by atoms with Crippen molar-refractivity contribution in [3.8, 4) is 0 Å². The van der Waals surface area contributed by atoms with Gasteiger partial charge in [-0.05, 0) is 42.4 Å². The third-order valence-electron chi connectivity index (χ3n) is 4.24. The fraction of sp³-hybridized carbons (Fsp3) is 1.00. The lowest BCUT2D eigenvalue weighted by Crippen LogP contribution is -2.53. The summed E-state index contributed by atoms with van der Waals surface area (Å²) in [5.74, 6) is 2.41. The summed E-state index contributed by atoms with van der Waals surface area (Å²) in [4.78, 5) is 0. The first kappa shape index (κ1) is 7.60. The Bertz CT molecular complexity index is 160. The van der Waals surface area contributed by atoms with Gasteiger partial charge in [-0.2, -0.15) is 0 Å². The van der Waals surface area contributed by atoms with Crippen molar-refractivity contribution in [1.29, 1.82) is 0 Å². The lowest BCUT2D eigenvalue weighted by atomic mass is 9.46. The van der Waals surface area contributed by atoms with Crippen molar-refractivity contribution in [3.05, 3.63) is 0 Å². The van der Waals surface area contributed by atoms with E-state index in [2.05, 4.69) is 13.8 Å². The topological polar surface area (TPSA) is 20.2 Å². The molecular weight excluding hydrogens is 136 g/mol. The van der Waals surface area contributed by atoms with Crippen LogP contribution in [0.15, 0.2) is 0 Å². The average molecular weight is 154 g/mol. The van der Waals surface area contributed by atoms with Gasteiger partial charge in [0.15, 0.2) is 0 Å². The van der Waals surface area contributed by atoms with E-state index >= 15 is 0 Å². The monoisotopic (exact) mass is 154 g/mol. The molecule has 1 nitrogen and oxygen atoms in total. The minimum Gasteiger partial charge on any atom is -0.396 e. The molecule has 3 saturated carbocycles. The van der Waals surface area contributed by atoms with Gasteiger partial charge in [-0.3, -0.25) is 0 Å². The number of rotatable bonds is 1. The summed E-state index contributed by atoms with van der Waals surface area (Å²) in [6, 6.07) is 0. The zero-order valence-corrected chi connectivity index (χ0v) is 7.51. The third kappa shape index (κ3) is 0.868. The normalized spacial score (nSPS) is 46.6. The molecule has 3 atom stereocenters. The van der Waals surface area contributed by atoms with Crippen LogP contribution in [0.25, 0.3) is 0 Å². The number of hydrogen-bond acceptors (Lipinski definition) is 1. The van der Waals surface area contributed by atoms with Crippen LogP contribution < -0.4 is 0 Å². The molecule has 0 saturated heterocycles. The highest BCUT2D eigenvalue weighted by Crippen LogP contribution is 2.61. The molecule has 0 aromatic rings. The maximum Gasteiger partial charge on any atom is 0.0462 e. The molecule has 0 aromatic heterocycles. The lowest BCUT2D eigenvalue weighted by molar-refractivity contribution is -0.116. The molecule has 0 aromatic carbocycles. The summed E-state index contributed by atoms with van der Waals surface area (Å²) >= 11 is 0. The maximum absolute atomic E-state index is 9.12. The second-order valence-corrected chi connectivity index (χ2v) is 4.88. The summed E-state index contributed by atoms with van der Waals surface area (Å²) in [6.45, 7) is 5.15. The van der Waals surface area contributed by atoms with Gasteiger partial charge in [0.1, 0.15) is 0 Å². The Hall–Kier alpha value is -0.0400. The van der Waals surface area contributed by atoms with E-state index in [0.717, 1.165) is 11.8 Å². The Balaban J connectivity index is 2.10. The van der Waals surface area contributed by atoms with Crippen LogP contribution in [0, 0.1) is 23.2 Å². The molecule has 3 fully saturated rings. The zero-order chi connectivity index (χ0) is 8.06. The van der Waals surface area contributed by atoms with Crippen molar-refractivity contribution in [2.24, 2.45) is 23.2 Å². The van der Waals surface area contributed by atoms with Crippen molar-refractivity contribution < 1.29 is 5.11 Å². The summed E-state index contributed by atoms with van der Waals surface area (Å²) < 4.78 is 0. The largest absolute Gasteiger partial charge is 0.396 e. The first-order chi connectivity index (χ1) is 5.16. The number of hydrogen-bond donors (Lipinski definition) is 1. The Morgan fingerprint density at radius 2 is 2.09 bits per heavy atom. The van der Waals surface area contributed by atoms with E-state index in [9.17, 15) is 0 Å². The molecule has 2 unspecified atom stereocenters. The van der Waals surface area contributed by atoms with Crippen LogP contribution in [0.5, 0.6) is 0 Å². The number of aliphatic hydroxyl groups is 1. The zero-order valence-electron chi connectivity index (χ0n) is 7.51. The van der Waals surface area contributed by atoms with Gasteiger partial charge in [0.2, 0.25) is 0 Å². The second kappa shape index (κ2) is 2.22. The Morgan fingerprint density at radius 1 is 1.36 bits per heavy atom. The van der Waals surface area contributed by atoms with Crippen molar-refractivity contribution in [2.75, 3.05) is 6.61 Å². The number of aliphatic hydroxyl groups excluding tert-OH is 1. The Morgan fingerprint density at radius 3 is 2.45 bits per heavy atom. The van der Waals surface area contributed by atoms with E-state index < -0.39 is 0 Å². The lowest BCUT2D eigenvalue weighted by Gasteiger charge is -2.59. The van der Waals surface area contributed by atoms with E-state index in [-0.39, 0.29) is 0 Å².